The number of piperidine rings is 1. The lowest BCUT2D eigenvalue weighted by atomic mass is 9.97. The molecule has 2 aromatic rings. The average Bonchev–Trinajstić information content (AvgIpc) is 3.26. The van der Waals surface area contributed by atoms with E-state index >= 15 is 0 Å². The third-order valence-electron chi connectivity index (χ3n) is 6.50. The Labute approximate surface area is 191 Å². The summed E-state index contributed by atoms with van der Waals surface area (Å²) in [7, 11) is 0. The van der Waals surface area contributed by atoms with Crippen molar-refractivity contribution in [2.75, 3.05) is 31.1 Å². The van der Waals surface area contributed by atoms with Crippen LogP contribution in [0.2, 0.25) is 0 Å². The normalized spacial score (nSPS) is 19.7. The number of aromatic nitrogens is 3. The maximum absolute atomic E-state index is 9.34. The van der Waals surface area contributed by atoms with Crippen molar-refractivity contribution >= 4 is 11.6 Å². The van der Waals surface area contributed by atoms with Gasteiger partial charge < -0.3 is 20.6 Å². The second-order valence-corrected chi connectivity index (χ2v) is 8.83. The number of nitrogens with one attached hydrogen (secondary N) is 2. The molecular weight excluding hydrogens is 402 g/mol. The molecule has 0 radical (unpaired) electrons. The van der Waals surface area contributed by atoms with Gasteiger partial charge in [-0.05, 0) is 49.8 Å². The number of nitrogens with zero attached hydrogens (tertiary/aromatic N) is 5. The summed E-state index contributed by atoms with van der Waals surface area (Å²) in [5, 5.41) is 20.9. The third kappa shape index (κ3) is 5.59. The number of guanidine groups is 1. The SMILES string of the molecule is CCNC(=NCc1ccc(N2CCC(CO)CC2)cc1)NC1CCc2nc(CC)nn2C1. The van der Waals surface area contributed by atoms with E-state index in [4.69, 9.17) is 4.99 Å². The van der Waals surface area contributed by atoms with E-state index in [9.17, 15) is 5.11 Å². The molecule has 1 saturated heterocycles. The zero-order chi connectivity index (χ0) is 22.3. The molecule has 0 bridgehead atoms. The zero-order valence-corrected chi connectivity index (χ0v) is 19.4. The minimum absolute atomic E-state index is 0.302. The number of anilines is 1. The van der Waals surface area contributed by atoms with Crippen LogP contribution in [0.1, 0.15) is 50.3 Å². The molecule has 0 amide bonds. The van der Waals surface area contributed by atoms with Gasteiger partial charge in [-0.15, -0.1) is 0 Å². The molecule has 8 nitrogen and oxygen atoms in total. The van der Waals surface area contributed by atoms with Crippen LogP contribution in [0.3, 0.4) is 0 Å². The first-order chi connectivity index (χ1) is 15.7. The highest BCUT2D eigenvalue weighted by Gasteiger charge is 2.22. The molecule has 32 heavy (non-hydrogen) atoms. The van der Waals surface area contributed by atoms with Gasteiger partial charge in [0.1, 0.15) is 5.82 Å². The molecule has 8 heteroatoms. The van der Waals surface area contributed by atoms with Crippen LogP contribution < -0.4 is 15.5 Å². The molecule has 3 N–H and O–H groups in total. The van der Waals surface area contributed by atoms with Crippen LogP contribution in [0.25, 0.3) is 0 Å². The average molecular weight is 440 g/mol. The Morgan fingerprint density at radius 3 is 2.62 bits per heavy atom. The van der Waals surface area contributed by atoms with Crippen LogP contribution in [0.4, 0.5) is 5.69 Å². The molecular formula is C24H37N7O. The van der Waals surface area contributed by atoms with Crippen molar-refractivity contribution in [1.82, 2.24) is 25.4 Å². The van der Waals surface area contributed by atoms with Crippen LogP contribution in [0, 0.1) is 5.92 Å². The Morgan fingerprint density at radius 1 is 1.16 bits per heavy atom. The smallest absolute Gasteiger partial charge is 0.191 e. The van der Waals surface area contributed by atoms with Gasteiger partial charge in [0.15, 0.2) is 11.8 Å². The summed E-state index contributed by atoms with van der Waals surface area (Å²) in [4.78, 5) is 11.8. The van der Waals surface area contributed by atoms with Gasteiger partial charge >= 0.3 is 0 Å². The van der Waals surface area contributed by atoms with Gasteiger partial charge in [-0.1, -0.05) is 19.1 Å². The van der Waals surface area contributed by atoms with Gasteiger partial charge in [-0.25, -0.2) is 14.7 Å². The highest BCUT2D eigenvalue weighted by Crippen LogP contribution is 2.23. The van der Waals surface area contributed by atoms with Crippen molar-refractivity contribution in [3.8, 4) is 0 Å². The molecule has 1 fully saturated rings. The number of hydrogen-bond donors (Lipinski definition) is 3. The maximum atomic E-state index is 9.34. The van der Waals surface area contributed by atoms with Gasteiger partial charge in [0, 0.05) is 50.8 Å². The minimum atomic E-state index is 0.302. The standard InChI is InChI=1S/C24H37N7O/c1-3-22-28-23-10-7-20(16-31(23)29-22)27-24(25-4-2)26-15-18-5-8-21(9-6-18)30-13-11-19(17-32)12-14-30/h5-6,8-9,19-20,32H,3-4,7,10-17H2,1-2H3,(H2,25,26,27). The number of hydrogen-bond acceptors (Lipinski definition) is 5. The molecule has 1 aromatic carbocycles. The number of fused-ring (bicyclic) bond motifs is 1. The zero-order valence-electron chi connectivity index (χ0n) is 19.4. The highest BCUT2D eigenvalue weighted by molar-refractivity contribution is 5.80. The first-order valence-corrected chi connectivity index (χ1v) is 12.1. The van der Waals surface area contributed by atoms with Crippen molar-refractivity contribution in [2.24, 2.45) is 10.9 Å². The van der Waals surface area contributed by atoms with Gasteiger partial charge in [-0.2, -0.15) is 5.10 Å². The molecule has 1 atom stereocenters. The van der Waals surface area contributed by atoms with E-state index in [1.807, 2.05) is 4.68 Å². The topological polar surface area (TPSA) is 90.6 Å². The molecule has 4 rings (SSSR count). The summed E-state index contributed by atoms with van der Waals surface area (Å²) >= 11 is 0. The van der Waals surface area contributed by atoms with E-state index in [2.05, 4.69) is 63.7 Å². The predicted octanol–water partition coefficient (Wildman–Crippen LogP) is 2.12. The molecule has 3 heterocycles. The third-order valence-corrected chi connectivity index (χ3v) is 6.50. The number of aliphatic imine (C=N–C) groups is 1. The number of rotatable bonds is 7. The lowest BCUT2D eigenvalue weighted by Gasteiger charge is -2.32. The number of aryl methyl sites for hydroxylation is 2. The van der Waals surface area contributed by atoms with Crippen molar-refractivity contribution in [2.45, 2.75) is 65.1 Å². The number of benzene rings is 1. The monoisotopic (exact) mass is 439 g/mol. The van der Waals surface area contributed by atoms with Crippen LogP contribution in [0.15, 0.2) is 29.3 Å². The van der Waals surface area contributed by atoms with Crippen molar-refractivity contribution in [3.05, 3.63) is 41.5 Å². The molecule has 2 aliphatic heterocycles. The molecule has 0 saturated carbocycles. The number of aliphatic hydroxyl groups excluding tert-OH is 1. The minimum Gasteiger partial charge on any atom is -0.396 e. The Morgan fingerprint density at radius 2 is 1.94 bits per heavy atom. The highest BCUT2D eigenvalue weighted by atomic mass is 16.3. The molecule has 1 aromatic heterocycles. The largest absolute Gasteiger partial charge is 0.396 e. The van der Waals surface area contributed by atoms with E-state index in [-0.39, 0.29) is 0 Å². The van der Waals surface area contributed by atoms with Crippen LogP contribution >= 0.6 is 0 Å². The summed E-state index contributed by atoms with van der Waals surface area (Å²) in [6, 6.07) is 9.05. The summed E-state index contributed by atoms with van der Waals surface area (Å²) in [6.07, 6.45) is 4.99. The van der Waals surface area contributed by atoms with Crippen molar-refractivity contribution in [3.63, 3.8) is 0 Å². The van der Waals surface area contributed by atoms with Gasteiger partial charge in [0.2, 0.25) is 0 Å². The second-order valence-electron chi connectivity index (χ2n) is 8.83. The van der Waals surface area contributed by atoms with E-state index in [0.29, 0.717) is 25.1 Å². The summed E-state index contributed by atoms with van der Waals surface area (Å²) in [5.41, 5.74) is 2.46. The van der Waals surface area contributed by atoms with Crippen LogP contribution in [-0.4, -0.2) is 58.1 Å². The van der Waals surface area contributed by atoms with E-state index in [1.54, 1.807) is 0 Å². The summed E-state index contributed by atoms with van der Waals surface area (Å²) in [6.45, 7) is 8.84. The lowest BCUT2D eigenvalue weighted by molar-refractivity contribution is 0.203. The molecule has 2 aliphatic rings. The fourth-order valence-electron chi connectivity index (χ4n) is 4.50. The molecule has 174 valence electrons. The van der Waals surface area contributed by atoms with Crippen molar-refractivity contribution < 1.29 is 5.11 Å². The fourth-order valence-corrected chi connectivity index (χ4v) is 4.50. The van der Waals surface area contributed by atoms with Gasteiger partial charge in [0.25, 0.3) is 0 Å². The Bertz CT molecular complexity index is 884. The molecule has 0 spiro atoms. The predicted molar refractivity (Wildman–Crippen MR) is 128 cm³/mol. The first-order valence-electron chi connectivity index (χ1n) is 12.1. The molecule has 0 aliphatic carbocycles. The maximum Gasteiger partial charge on any atom is 0.191 e. The first kappa shape index (κ1) is 22.6. The van der Waals surface area contributed by atoms with Crippen LogP contribution in [-0.2, 0) is 25.9 Å². The molecule has 1 unspecified atom stereocenters. The van der Waals surface area contributed by atoms with Gasteiger partial charge in [-0.3, -0.25) is 0 Å². The summed E-state index contributed by atoms with van der Waals surface area (Å²) in [5.74, 6) is 3.35. The van der Waals surface area contributed by atoms with E-state index in [1.165, 1.54) is 11.3 Å². The summed E-state index contributed by atoms with van der Waals surface area (Å²) < 4.78 is 2.05. The van der Waals surface area contributed by atoms with Crippen molar-refractivity contribution in [1.29, 1.82) is 0 Å². The quantitative estimate of drug-likeness (QED) is 0.452. The lowest BCUT2D eigenvalue weighted by Crippen LogP contribution is -2.47. The van der Waals surface area contributed by atoms with E-state index < -0.39 is 0 Å². The Hall–Kier alpha value is -2.61. The second kappa shape index (κ2) is 10.8. The van der Waals surface area contributed by atoms with Crippen LogP contribution in [0.5, 0.6) is 0 Å². The number of aliphatic hydroxyl groups is 1. The Kier molecular flexibility index (Phi) is 7.63. The fraction of sp³-hybridized carbons (Fsp3) is 0.625. The Balaban J connectivity index is 1.33. The van der Waals surface area contributed by atoms with Gasteiger partial charge in [0.05, 0.1) is 13.1 Å². The van der Waals surface area contributed by atoms with E-state index in [0.717, 1.165) is 75.9 Å².